The molecule has 0 bridgehead atoms. The number of aromatic nitrogens is 3. The predicted molar refractivity (Wildman–Crippen MR) is 92.4 cm³/mol. The minimum absolute atomic E-state index is 0.679. The highest BCUT2D eigenvalue weighted by Gasteiger charge is 2.00. The fourth-order valence-electron chi connectivity index (χ4n) is 2.04. The van der Waals surface area contributed by atoms with Gasteiger partial charge in [-0.25, -0.2) is 9.97 Å². The van der Waals surface area contributed by atoms with Crippen LogP contribution in [-0.4, -0.2) is 15.0 Å². The Balaban J connectivity index is 1.57. The second-order valence-corrected chi connectivity index (χ2v) is 5.41. The van der Waals surface area contributed by atoms with Gasteiger partial charge >= 0.3 is 0 Å². The zero-order valence-corrected chi connectivity index (χ0v) is 13.2. The van der Waals surface area contributed by atoms with E-state index in [1.54, 1.807) is 18.7 Å². The molecule has 2 aromatic heterocycles. The SMILES string of the molecule is Clc1ccc(CNc2cc(NCc3ccncc3)ncn2)cc1. The molecule has 5 nitrogen and oxygen atoms in total. The summed E-state index contributed by atoms with van der Waals surface area (Å²) in [6.07, 6.45) is 5.09. The molecule has 6 heteroatoms. The Morgan fingerprint density at radius 3 is 1.96 bits per heavy atom. The van der Waals surface area contributed by atoms with Crippen molar-refractivity contribution in [1.29, 1.82) is 0 Å². The van der Waals surface area contributed by atoms with Gasteiger partial charge in [-0.05, 0) is 35.4 Å². The number of hydrogen-bond donors (Lipinski definition) is 2. The maximum absolute atomic E-state index is 5.88. The molecule has 0 saturated heterocycles. The molecule has 0 aliphatic carbocycles. The molecule has 0 amide bonds. The molecule has 2 heterocycles. The van der Waals surface area contributed by atoms with Gasteiger partial charge in [0.25, 0.3) is 0 Å². The molecule has 3 aromatic rings. The second kappa shape index (κ2) is 7.56. The van der Waals surface area contributed by atoms with Gasteiger partial charge < -0.3 is 10.6 Å². The van der Waals surface area contributed by atoms with Crippen LogP contribution in [0.5, 0.6) is 0 Å². The predicted octanol–water partition coefficient (Wildman–Crippen LogP) is 3.75. The van der Waals surface area contributed by atoms with Crippen molar-refractivity contribution in [3.63, 3.8) is 0 Å². The number of anilines is 2. The van der Waals surface area contributed by atoms with E-state index in [4.69, 9.17) is 11.6 Å². The normalized spacial score (nSPS) is 10.3. The smallest absolute Gasteiger partial charge is 0.131 e. The Morgan fingerprint density at radius 2 is 1.35 bits per heavy atom. The largest absolute Gasteiger partial charge is 0.366 e. The van der Waals surface area contributed by atoms with Crippen LogP contribution >= 0.6 is 11.6 Å². The van der Waals surface area contributed by atoms with Gasteiger partial charge in [0.05, 0.1) is 0 Å². The van der Waals surface area contributed by atoms with Crippen molar-refractivity contribution < 1.29 is 0 Å². The molecule has 23 heavy (non-hydrogen) atoms. The molecule has 3 rings (SSSR count). The summed E-state index contributed by atoms with van der Waals surface area (Å²) in [6.45, 7) is 1.37. The Labute approximate surface area is 139 Å². The van der Waals surface area contributed by atoms with Crippen molar-refractivity contribution in [2.75, 3.05) is 10.6 Å². The molecular formula is C17H16ClN5. The van der Waals surface area contributed by atoms with E-state index in [-0.39, 0.29) is 0 Å². The van der Waals surface area contributed by atoms with Crippen LogP contribution in [0.4, 0.5) is 11.6 Å². The number of hydrogen-bond acceptors (Lipinski definition) is 5. The Kier molecular flexibility index (Phi) is 5.01. The van der Waals surface area contributed by atoms with E-state index < -0.39 is 0 Å². The fourth-order valence-corrected chi connectivity index (χ4v) is 2.16. The van der Waals surface area contributed by atoms with E-state index in [2.05, 4.69) is 25.6 Å². The molecular weight excluding hydrogens is 310 g/mol. The molecule has 0 atom stereocenters. The Bertz CT molecular complexity index is 746. The third-order valence-electron chi connectivity index (χ3n) is 3.28. The molecule has 116 valence electrons. The topological polar surface area (TPSA) is 62.7 Å². The third kappa shape index (κ3) is 4.66. The van der Waals surface area contributed by atoms with E-state index in [1.807, 2.05) is 42.5 Å². The Hall–Kier alpha value is -2.66. The standard InChI is InChI=1S/C17H16ClN5/c18-15-3-1-13(2-4-15)10-20-16-9-17(23-12-22-16)21-11-14-5-7-19-8-6-14/h1-9,12H,10-11H2,(H2,20,21,22,23). The first-order chi connectivity index (χ1) is 11.3. The summed E-state index contributed by atoms with van der Waals surface area (Å²) < 4.78 is 0. The summed E-state index contributed by atoms with van der Waals surface area (Å²) in [7, 11) is 0. The highest BCUT2D eigenvalue weighted by atomic mass is 35.5. The minimum atomic E-state index is 0.679. The average molecular weight is 326 g/mol. The third-order valence-corrected chi connectivity index (χ3v) is 3.53. The van der Waals surface area contributed by atoms with Gasteiger partial charge in [-0.1, -0.05) is 23.7 Å². The zero-order chi connectivity index (χ0) is 15.9. The van der Waals surface area contributed by atoms with Gasteiger partial charge in [-0.3, -0.25) is 4.98 Å². The summed E-state index contributed by atoms with van der Waals surface area (Å²) in [5, 5.41) is 7.28. The number of pyridine rings is 1. The summed E-state index contributed by atoms with van der Waals surface area (Å²) in [6, 6.07) is 13.5. The first kappa shape index (κ1) is 15.2. The lowest BCUT2D eigenvalue weighted by Crippen LogP contribution is -2.05. The maximum Gasteiger partial charge on any atom is 0.131 e. The lowest BCUT2D eigenvalue weighted by molar-refractivity contribution is 1.05. The van der Waals surface area contributed by atoms with Crippen molar-refractivity contribution in [3.8, 4) is 0 Å². The van der Waals surface area contributed by atoms with E-state index >= 15 is 0 Å². The monoisotopic (exact) mass is 325 g/mol. The Morgan fingerprint density at radius 1 is 0.783 bits per heavy atom. The van der Waals surface area contributed by atoms with Gasteiger partial charge in [0, 0.05) is 36.6 Å². The number of halogens is 1. The van der Waals surface area contributed by atoms with Crippen LogP contribution in [0.3, 0.4) is 0 Å². The van der Waals surface area contributed by atoms with Crippen LogP contribution < -0.4 is 10.6 Å². The number of nitrogens with zero attached hydrogens (tertiary/aromatic N) is 3. The van der Waals surface area contributed by atoms with Crippen LogP contribution in [0.1, 0.15) is 11.1 Å². The van der Waals surface area contributed by atoms with Gasteiger partial charge in [0.15, 0.2) is 0 Å². The zero-order valence-electron chi connectivity index (χ0n) is 12.4. The van der Waals surface area contributed by atoms with E-state index in [0.29, 0.717) is 13.1 Å². The number of nitrogens with one attached hydrogen (secondary N) is 2. The summed E-state index contributed by atoms with van der Waals surface area (Å²) in [5.74, 6) is 1.54. The van der Waals surface area contributed by atoms with Gasteiger partial charge in [-0.15, -0.1) is 0 Å². The average Bonchev–Trinajstić information content (AvgIpc) is 2.61. The van der Waals surface area contributed by atoms with Crippen molar-refractivity contribution >= 4 is 23.2 Å². The summed E-state index contributed by atoms with van der Waals surface area (Å²) in [5.41, 5.74) is 2.29. The molecule has 0 saturated carbocycles. The van der Waals surface area contributed by atoms with Crippen molar-refractivity contribution in [2.24, 2.45) is 0 Å². The van der Waals surface area contributed by atoms with Gasteiger partial charge in [0.2, 0.25) is 0 Å². The lowest BCUT2D eigenvalue weighted by atomic mass is 10.2. The molecule has 2 N–H and O–H groups in total. The maximum atomic E-state index is 5.88. The molecule has 0 aliphatic heterocycles. The molecule has 1 aromatic carbocycles. The minimum Gasteiger partial charge on any atom is -0.366 e. The number of benzene rings is 1. The van der Waals surface area contributed by atoms with Crippen molar-refractivity contribution in [3.05, 3.63) is 77.3 Å². The number of rotatable bonds is 6. The molecule has 0 aliphatic rings. The highest BCUT2D eigenvalue weighted by Crippen LogP contribution is 2.13. The van der Waals surface area contributed by atoms with Gasteiger partial charge in [-0.2, -0.15) is 0 Å². The van der Waals surface area contributed by atoms with Crippen LogP contribution in [0, 0.1) is 0 Å². The van der Waals surface area contributed by atoms with Crippen LogP contribution in [0.15, 0.2) is 61.2 Å². The van der Waals surface area contributed by atoms with Crippen LogP contribution in [0.2, 0.25) is 5.02 Å². The molecule has 0 unspecified atom stereocenters. The quantitative estimate of drug-likeness (QED) is 0.722. The van der Waals surface area contributed by atoms with E-state index in [1.165, 1.54) is 0 Å². The lowest BCUT2D eigenvalue weighted by Gasteiger charge is -2.09. The van der Waals surface area contributed by atoms with Crippen molar-refractivity contribution in [1.82, 2.24) is 15.0 Å². The van der Waals surface area contributed by atoms with Crippen LogP contribution in [0.25, 0.3) is 0 Å². The van der Waals surface area contributed by atoms with Crippen molar-refractivity contribution in [2.45, 2.75) is 13.1 Å². The summed E-state index contributed by atoms with van der Waals surface area (Å²) in [4.78, 5) is 12.5. The van der Waals surface area contributed by atoms with Gasteiger partial charge in [0.1, 0.15) is 18.0 Å². The fraction of sp³-hybridized carbons (Fsp3) is 0.118. The van der Waals surface area contributed by atoms with Crippen LogP contribution in [-0.2, 0) is 13.1 Å². The summed E-state index contributed by atoms with van der Waals surface area (Å²) >= 11 is 5.88. The van der Waals surface area contributed by atoms with E-state index in [0.717, 1.165) is 27.8 Å². The molecule has 0 spiro atoms. The molecule has 0 fully saturated rings. The first-order valence-electron chi connectivity index (χ1n) is 7.23. The second-order valence-electron chi connectivity index (χ2n) is 4.98. The molecule has 0 radical (unpaired) electrons. The highest BCUT2D eigenvalue weighted by molar-refractivity contribution is 6.30. The van der Waals surface area contributed by atoms with E-state index in [9.17, 15) is 0 Å². The first-order valence-corrected chi connectivity index (χ1v) is 7.60.